The molecule has 0 unspecified atom stereocenters. The van der Waals surface area contributed by atoms with Gasteiger partial charge in [0.25, 0.3) is 5.91 Å². The largest absolute Gasteiger partial charge is 0.478 e. The molecular formula is C20H32N4O5S. The number of rotatable bonds is 13. The van der Waals surface area contributed by atoms with Gasteiger partial charge in [0, 0.05) is 26.6 Å². The molecule has 9 nitrogen and oxygen atoms in total. The van der Waals surface area contributed by atoms with Crippen molar-refractivity contribution in [1.82, 2.24) is 16.0 Å². The number of carbonyl (C=O) groups is 4. The van der Waals surface area contributed by atoms with Gasteiger partial charge in [0.1, 0.15) is 5.00 Å². The van der Waals surface area contributed by atoms with E-state index in [0.717, 1.165) is 30.6 Å². The number of hydrogen-bond donors (Lipinski definition) is 5. The second kappa shape index (κ2) is 13.6. The maximum atomic E-state index is 12.4. The Kier molecular flexibility index (Phi) is 11.5. The highest BCUT2D eigenvalue weighted by Gasteiger charge is 2.25. The molecule has 10 heteroatoms. The number of nitrogens with one attached hydrogen (secondary N) is 4. The molecule has 0 fully saturated rings. The summed E-state index contributed by atoms with van der Waals surface area (Å²) in [5.41, 5.74) is 0.192. The minimum absolute atomic E-state index is 0.0956. The Morgan fingerprint density at radius 1 is 0.900 bits per heavy atom. The molecule has 4 amide bonds. The molecule has 0 saturated heterocycles. The van der Waals surface area contributed by atoms with Gasteiger partial charge in [-0.05, 0) is 18.9 Å². The van der Waals surface area contributed by atoms with Crippen molar-refractivity contribution in [2.75, 3.05) is 25.0 Å². The molecule has 168 valence electrons. The predicted molar refractivity (Wildman–Crippen MR) is 117 cm³/mol. The third-order valence-corrected chi connectivity index (χ3v) is 5.60. The van der Waals surface area contributed by atoms with Gasteiger partial charge in [0.2, 0.25) is 5.91 Å². The quantitative estimate of drug-likeness (QED) is 0.300. The number of anilines is 1. The van der Waals surface area contributed by atoms with Gasteiger partial charge in [-0.15, -0.1) is 11.3 Å². The first kappa shape index (κ1) is 25.4. The minimum Gasteiger partial charge on any atom is -0.478 e. The zero-order valence-electron chi connectivity index (χ0n) is 17.9. The summed E-state index contributed by atoms with van der Waals surface area (Å²) in [6, 6.07) is -0.495. The SMILES string of the molecule is CCCCCCCCNC(=O)Nc1sc(C(=O)NCCNC(C)=O)c(C)c1C(=O)O. The van der Waals surface area contributed by atoms with Crippen molar-refractivity contribution in [1.29, 1.82) is 0 Å². The summed E-state index contributed by atoms with van der Waals surface area (Å²) in [7, 11) is 0. The van der Waals surface area contributed by atoms with E-state index in [-0.39, 0.29) is 40.0 Å². The van der Waals surface area contributed by atoms with Crippen LogP contribution >= 0.6 is 11.3 Å². The molecule has 0 aliphatic rings. The maximum absolute atomic E-state index is 12.4. The fourth-order valence-corrected chi connectivity index (χ4v) is 3.94. The Morgan fingerprint density at radius 2 is 1.53 bits per heavy atom. The normalized spacial score (nSPS) is 10.4. The molecule has 30 heavy (non-hydrogen) atoms. The molecule has 0 saturated carbocycles. The number of thiophene rings is 1. The molecule has 1 aromatic heterocycles. The van der Waals surface area contributed by atoms with Crippen molar-refractivity contribution in [3.05, 3.63) is 16.0 Å². The first-order valence-corrected chi connectivity index (χ1v) is 11.0. The van der Waals surface area contributed by atoms with E-state index in [1.165, 1.54) is 33.1 Å². The molecule has 1 aromatic rings. The van der Waals surface area contributed by atoms with Gasteiger partial charge < -0.3 is 21.1 Å². The molecule has 1 heterocycles. The number of carbonyl (C=O) groups excluding carboxylic acids is 3. The van der Waals surface area contributed by atoms with Crippen LogP contribution in [0.15, 0.2) is 0 Å². The van der Waals surface area contributed by atoms with Gasteiger partial charge in [0.05, 0.1) is 10.4 Å². The number of carboxylic acids is 1. The lowest BCUT2D eigenvalue weighted by atomic mass is 10.1. The Balaban J connectivity index is 2.63. The molecule has 0 aliphatic heterocycles. The van der Waals surface area contributed by atoms with Gasteiger partial charge >= 0.3 is 12.0 Å². The van der Waals surface area contributed by atoms with Crippen LogP contribution in [0.5, 0.6) is 0 Å². The van der Waals surface area contributed by atoms with E-state index >= 15 is 0 Å². The van der Waals surface area contributed by atoms with E-state index in [1.54, 1.807) is 0 Å². The maximum Gasteiger partial charge on any atom is 0.339 e. The van der Waals surface area contributed by atoms with E-state index in [0.29, 0.717) is 6.54 Å². The van der Waals surface area contributed by atoms with Crippen LogP contribution in [0.25, 0.3) is 0 Å². The minimum atomic E-state index is -1.22. The molecule has 0 bridgehead atoms. The van der Waals surface area contributed by atoms with E-state index in [4.69, 9.17) is 0 Å². The first-order valence-electron chi connectivity index (χ1n) is 10.2. The van der Waals surface area contributed by atoms with Crippen molar-refractivity contribution in [3.8, 4) is 0 Å². The van der Waals surface area contributed by atoms with Crippen LogP contribution in [0.1, 0.15) is 78.0 Å². The highest BCUT2D eigenvalue weighted by Crippen LogP contribution is 2.33. The summed E-state index contributed by atoms with van der Waals surface area (Å²) in [6.07, 6.45) is 6.60. The highest BCUT2D eigenvalue weighted by atomic mass is 32.1. The van der Waals surface area contributed by atoms with Crippen LogP contribution in [-0.4, -0.2) is 48.6 Å². The van der Waals surface area contributed by atoms with Crippen molar-refractivity contribution >= 4 is 40.2 Å². The lowest BCUT2D eigenvalue weighted by molar-refractivity contribution is -0.118. The molecule has 0 spiro atoms. The van der Waals surface area contributed by atoms with Crippen molar-refractivity contribution < 1.29 is 24.3 Å². The van der Waals surface area contributed by atoms with Gasteiger partial charge in [-0.25, -0.2) is 9.59 Å². The van der Waals surface area contributed by atoms with Crippen LogP contribution < -0.4 is 21.3 Å². The molecule has 1 rings (SSSR count). The van der Waals surface area contributed by atoms with Gasteiger partial charge in [-0.3, -0.25) is 14.9 Å². The van der Waals surface area contributed by atoms with Crippen molar-refractivity contribution in [3.63, 3.8) is 0 Å². The smallest absolute Gasteiger partial charge is 0.339 e. The van der Waals surface area contributed by atoms with Crippen LogP contribution in [0.4, 0.5) is 9.80 Å². The standard InChI is InChI=1S/C20H32N4O5S/c1-4-5-6-7-8-9-10-23-20(29)24-18-15(19(27)28)13(2)16(30-18)17(26)22-12-11-21-14(3)25/h4-12H2,1-3H3,(H,21,25)(H,22,26)(H,27,28)(H2,23,24,29). The first-order chi connectivity index (χ1) is 14.3. The summed E-state index contributed by atoms with van der Waals surface area (Å²) in [4.78, 5) is 47.2. The highest BCUT2D eigenvalue weighted by molar-refractivity contribution is 7.18. The van der Waals surface area contributed by atoms with Gasteiger partial charge in [-0.1, -0.05) is 39.0 Å². The molecule has 0 aliphatic carbocycles. The van der Waals surface area contributed by atoms with Crippen molar-refractivity contribution in [2.45, 2.75) is 59.3 Å². The average molecular weight is 441 g/mol. The fraction of sp³-hybridized carbons (Fsp3) is 0.600. The second-order valence-electron chi connectivity index (χ2n) is 6.95. The topological polar surface area (TPSA) is 137 Å². The summed E-state index contributed by atoms with van der Waals surface area (Å²) in [5, 5.41) is 20.1. The third-order valence-electron chi connectivity index (χ3n) is 4.39. The fourth-order valence-electron chi connectivity index (χ4n) is 2.83. The average Bonchev–Trinajstić information content (AvgIpc) is 3.00. The van der Waals surface area contributed by atoms with Gasteiger partial charge in [-0.2, -0.15) is 0 Å². The summed E-state index contributed by atoms with van der Waals surface area (Å²) in [5.74, 6) is -1.87. The number of aromatic carboxylic acids is 1. The number of amides is 4. The Morgan fingerprint density at radius 3 is 2.17 bits per heavy atom. The van der Waals surface area contributed by atoms with E-state index in [2.05, 4.69) is 28.2 Å². The summed E-state index contributed by atoms with van der Waals surface area (Å²) in [6.45, 7) is 6.04. The number of unbranched alkanes of at least 4 members (excludes halogenated alkanes) is 5. The third kappa shape index (κ3) is 8.81. The zero-order valence-corrected chi connectivity index (χ0v) is 18.7. The van der Waals surface area contributed by atoms with E-state index in [9.17, 15) is 24.3 Å². The summed E-state index contributed by atoms with van der Waals surface area (Å²) >= 11 is 0.916. The van der Waals surface area contributed by atoms with E-state index in [1.807, 2.05) is 0 Å². The molecular weight excluding hydrogens is 408 g/mol. The lowest BCUT2D eigenvalue weighted by Gasteiger charge is -2.07. The number of carboxylic acid groups (broad SMARTS) is 1. The molecule has 5 N–H and O–H groups in total. The Hall–Kier alpha value is -2.62. The Labute approximate surface area is 181 Å². The number of urea groups is 1. The monoisotopic (exact) mass is 440 g/mol. The molecule has 0 radical (unpaired) electrons. The second-order valence-corrected chi connectivity index (χ2v) is 7.97. The Bertz CT molecular complexity index is 748. The van der Waals surface area contributed by atoms with Crippen molar-refractivity contribution in [2.24, 2.45) is 0 Å². The van der Waals surface area contributed by atoms with Crippen LogP contribution in [-0.2, 0) is 4.79 Å². The van der Waals surface area contributed by atoms with E-state index < -0.39 is 17.9 Å². The zero-order chi connectivity index (χ0) is 22.5. The summed E-state index contributed by atoms with van der Waals surface area (Å²) < 4.78 is 0. The molecule has 0 atom stereocenters. The van der Waals surface area contributed by atoms with Crippen LogP contribution in [0.3, 0.4) is 0 Å². The van der Waals surface area contributed by atoms with Crippen LogP contribution in [0, 0.1) is 6.92 Å². The lowest BCUT2D eigenvalue weighted by Crippen LogP contribution is -2.33. The number of hydrogen-bond acceptors (Lipinski definition) is 5. The van der Waals surface area contributed by atoms with Crippen LogP contribution in [0.2, 0.25) is 0 Å². The molecule has 0 aromatic carbocycles. The predicted octanol–water partition coefficient (Wildman–Crippen LogP) is 3.10. The van der Waals surface area contributed by atoms with Gasteiger partial charge in [0.15, 0.2) is 0 Å².